The molecule has 0 fully saturated rings. The van der Waals surface area contributed by atoms with Crippen molar-refractivity contribution < 1.29 is 27.6 Å². The summed E-state index contributed by atoms with van der Waals surface area (Å²) in [6.45, 7) is 1.49. The highest BCUT2D eigenvalue weighted by Gasteiger charge is 2.31. The quantitative estimate of drug-likeness (QED) is 0.485. The predicted octanol–water partition coefficient (Wildman–Crippen LogP) is 3.60. The first-order valence-electron chi connectivity index (χ1n) is 8.57. The maximum atomic E-state index is 12.5. The highest BCUT2D eigenvalue weighted by molar-refractivity contribution is 6.02. The van der Waals surface area contributed by atoms with Crippen LogP contribution in [0.25, 0.3) is 5.69 Å². The monoisotopic (exact) mass is 434 g/mol. The van der Waals surface area contributed by atoms with E-state index in [4.69, 9.17) is 0 Å². The zero-order valence-electron chi connectivity index (χ0n) is 15.7. The number of hydrogen-bond donors (Lipinski definition) is 1. The number of ether oxygens (including phenoxy) is 1. The van der Waals surface area contributed by atoms with Crippen LogP contribution in [-0.4, -0.2) is 27.0 Å². The van der Waals surface area contributed by atoms with Crippen molar-refractivity contribution in [3.8, 4) is 11.4 Å². The number of nitrogens with zero attached hydrogens (tertiary/aromatic N) is 3. The van der Waals surface area contributed by atoms with Crippen molar-refractivity contribution in [2.45, 2.75) is 13.3 Å². The van der Waals surface area contributed by atoms with Crippen LogP contribution in [0.3, 0.4) is 0 Å². The fourth-order valence-corrected chi connectivity index (χ4v) is 2.68. The molecule has 2 aromatic carbocycles. The molecule has 1 heterocycles. The van der Waals surface area contributed by atoms with Crippen LogP contribution in [0.2, 0.25) is 0 Å². The fourth-order valence-electron chi connectivity index (χ4n) is 2.68. The molecule has 31 heavy (non-hydrogen) atoms. The second-order valence-electron chi connectivity index (χ2n) is 6.18. The van der Waals surface area contributed by atoms with Crippen molar-refractivity contribution >= 4 is 17.3 Å². The molecule has 0 aliphatic heterocycles. The Balaban J connectivity index is 1.92. The number of amides is 1. The molecule has 0 spiro atoms. The number of halogens is 3. The van der Waals surface area contributed by atoms with E-state index in [0.717, 1.165) is 35.0 Å². The molecule has 3 aromatic rings. The van der Waals surface area contributed by atoms with Crippen LogP contribution in [-0.2, 0) is 0 Å². The van der Waals surface area contributed by atoms with Crippen LogP contribution in [0.4, 0.5) is 24.5 Å². The fraction of sp³-hybridized carbons (Fsp3) is 0.105. The topological polar surface area (TPSA) is 116 Å². The smallest absolute Gasteiger partial charge is 0.406 e. The summed E-state index contributed by atoms with van der Waals surface area (Å²) < 4.78 is 41.5. The van der Waals surface area contributed by atoms with E-state index in [1.54, 1.807) is 0 Å². The molecule has 0 saturated heterocycles. The Bertz CT molecular complexity index is 1210. The molecule has 3 rings (SSSR count). The standard InChI is InChI=1S/C19H13F3N4O5/c1-11-10-16(27)17(24-25(11)14-4-2-3-5-15(14)26(29)30)18(28)23-12-6-8-13(9-7-12)31-19(20,21)22/h2-10H,1H3,(H,23,28). The minimum atomic E-state index is -4.86. The molecule has 12 heteroatoms. The summed E-state index contributed by atoms with van der Waals surface area (Å²) in [7, 11) is 0. The Morgan fingerprint density at radius 2 is 1.81 bits per heavy atom. The van der Waals surface area contributed by atoms with Crippen molar-refractivity contribution in [1.82, 2.24) is 9.78 Å². The van der Waals surface area contributed by atoms with Gasteiger partial charge in [-0.2, -0.15) is 5.10 Å². The van der Waals surface area contributed by atoms with Gasteiger partial charge in [0, 0.05) is 23.5 Å². The third-order valence-electron chi connectivity index (χ3n) is 3.97. The summed E-state index contributed by atoms with van der Waals surface area (Å²) in [4.78, 5) is 35.5. The molecule has 0 atom stereocenters. The Labute approximate surface area is 171 Å². The summed E-state index contributed by atoms with van der Waals surface area (Å²) in [6, 6.07) is 11.0. The number of nitro benzene ring substituents is 1. The lowest BCUT2D eigenvalue weighted by Crippen LogP contribution is -2.27. The van der Waals surface area contributed by atoms with Crippen molar-refractivity contribution in [3.63, 3.8) is 0 Å². The van der Waals surface area contributed by atoms with E-state index >= 15 is 0 Å². The first-order valence-corrected chi connectivity index (χ1v) is 8.57. The zero-order valence-corrected chi connectivity index (χ0v) is 15.7. The average molecular weight is 434 g/mol. The number of anilines is 1. The lowest BCUT2D eigenvalue weighted by Gasteiger charge is -2.12. The highest BCUT2D eigenvalue weighted by Crippen LogP contribution is 2.24. The number of aromatic nitrogens is 2. The molecular formula is C19H13F3N4O5. The number of para-hydroxylation sites is 2. The van der Waals surface area contributed by atoms with Crippen LogP contribution in [0.1, 0.15) is 16.2 Å². The lowest BCUT2D eigenvalue weighted by molar-refractivity contribution is -0.384. The SMILES string of the molecule is Cc1cc(=O)c(C(=O)Nc2ccc(OC(F)(F)F)cc2)nn1-c1ccccc1[N+](=O)[O-]. The maximum absolute atomic E-state index is 12.5. The van der Waals surface area contributed by atoms with Gasteiger partial charge in [-0.15, -0.1) is 13.2 Å². The van der Waals surface area contributed by atoms with Crippen LogP contribution >= 0.6 is 0 Å². The third-order valence-corrected chi connectivity index (χ3v) is 3.97. The van der Waals surface area contributed by atoms with Gasteiger partial charge in [0.15, 0.2) is 5.69 Å². The highest BCUT2D eigenvalue weighted by atomic mass is 19.4. The second kappa shape index (κ2) is 8.26. The molecule has 0 bridgehead atoms. The molecule has 0 aliphatic carbocycles. The van der Waals surface area contributed by atoms with Crippen LogP contribution in [0.15, 0.2) is 59.4 Å². The first kappa shape index (κ1) is 21.5. The van der Waals surface area contributed by atoms with Gasteiger partial charge in [0.2, 0.25) is 5.43 Å². The number of carbonyl (C=O) groups excluding carboxylic acids is 1. The number of benzene rings is 2. The average Bonchev–Trinajstić information content (AvgIpc) is 2.68. The van der Waals surface area contributed by atoms with Crippen molar-refractivity contribution in [2.75, 3.05) is 5.32 Å². The molecule has 0 aliphatic rings. The normalized spacial score (nSPS) is 11.1. The van der Waals surface area contributed by atoms with E-state index in [1.165, 1.54) is 31.2 Å². The van der Waals surface area contributed by atoms with Crippen molar-refractivity contribution in [3.05, 3.63) is 86.3 Å². The molecule has 9 nitrogen and oxygen atoms in total. The van der Waals surface area contributed by atoms with Gasteiger partial charge in [-0.1, -0.05) is 12.1 Å². The third kappa shape index (κ3) is 5.04. The molecule has 160 valence electrons. The first-order chi connectivity index (χ1) is 14.5. The molecule has 1 N–H and O–H groups in total. The minimum absolute atomic E-state index is 0.0488. The Morgan fingerprint density at radius 1 is 1.16 bits per heavy atom. The van der Waals surface area contributed by atoms with Crippen LogP contribution in [0.5, 0.6) is 5.75 Å². The number of alkyl halides is 3. The van der Waals surface area contributed by atoms with Gasteiger partial charge in [0.25, 0.3) is 11.6 Å². The Hall–Kier alpha value is -4.22. The minimum Gasteiger partial charge on any atom is -0.406 e. The van der Waals surface area contributed by atoms with E-state index in [0.29, 0.717) is 0 Å². The number of nitrogens with one attached hydrogen (secondary N) is 1. The Kier molecular flexibility index (Phi) is 5.72. The summed E-state index contributed by atoms with van der Waals surface area (Å²) in [5.74, 6) is -1.43. The van der Waals surface area contributed by atoms with Crippen LogP contribution < -0.4 is 15.5 Å². The summed E-state index contributed by atoms with van der Waals surface area (Å²) in [6.07, 6.45) is -4.86. The molecule has 0 saturated carbocycles. The molecule has 1 aromatic heterocycles. The van der Waals surface area contributed by atoms with Gasteiger partial charge in [0.1, 0.15) is 11.4 Å². The van der Waals surface area contributed by atoms with E-state index in [2.05, 4.69) is 15.2 Å². The number of aryl methyl sites for hydroxylation is 1. The predicted molar refractivity (Wildman–Crippen MR) is 102 cm³/mol. The van der Waals surface area contributed by atoms with E-state index in [1.807, 2.05) is 0 Å². The van der Waals surface area contributed by atoms with Gasteiger partial charge < -0.3 is 10.1 Å². The molecule has 1 amide bonds. The summed E-state index contributed by atoms with van der Waals surface area (Å²) in [5, 5.41) is 17.6. The second-order valence-corrected chi connectivity index (χ2v) is 6.18. The van der Waals surface area contributed by atoms with Crippen LogP contribution in [0, 0.1) is 17.0 Å². The Morgan fingerprint density at radius 3 is 2.42 bits per heavy atom. The van der Waals surface area contributed by atoms with E-state index in [-0.39, 0.29) is 22.8 Å². The largest absolute Gasteiger partial charge is 0.573 e. The summed E-state index contributed by atoms with van der Waals surface area (Å²) in [5.41, 5.74) is -1.19. The number of rotatable bonds is 5. The lowest BCUT2D eigenvalue weighted by atomic mass is 10.2. The van der Waals surface area contributed by atoms with E-state index in [9.17, 15) is 32.9 Å². The molecule has 0 radical (unpaired) electrons. The van der Waals surface area contributed by atoms with Crippen molar-refractivity contribution in [1.29, 1.82) is 0 Å². The molecular weight excluding hydrogens is 421 g/mol. The van der Waals surface area contributed by atoms with Gasteiger partial charge >= 0.3 is 6.36 Å². The summed E-state index contributed by atoms with van der Waals surface area (Å²) >= 11 is 0. The maximum Gasteiger partial charge on any atom is 0.573 e. The van der Waals surface area contributed by atoms with Gasteiger partial charge in [-0.25, -0.2) is 4.68 Å². The number of nitro groups is 1. The molecule has 0 unspecified atom stereocenters. The van der Waals surface area contributed by atoms with Gasteiger partial charge in [-0.3, -0.25) is 19.7 Å². The zero-order chi connectivity index (χ0) is 22.8. The van der Waals surface area contributed by atoms with Gasteiger partial charge in [0.05, 0.1) is 4.92 Å². The number of carbonyl (C=O) groups is 1. The van der Waals surface area contributed by atoms with E-state index < -0.39 is 34.1 Å². The van der Waals surface area contributed by atoms with Gasteiger partial charge in [-0.05, 0) is 37.3 Å². The van der Waals surface area contributed by atoms with Crippen molar-refractivity contribution in [2.24, 2.45) is 0 Å². The number of hydrogen-bond acceptors (Lipinski definition) is 6.